The van der Waals surface area contributed by atoms with Gasteiger partial charge in [0.05, 0.1) is 12.8 Å². The minimum atomic E-state index is -0.333. The van der Waals surface area contributed by atoms with Crippen LogP contribution in [0.25, 0.3) is 0 Å². The molecule has 0 amide bonds. The third kappa shape index (κ3) is 5.04. The maximum Gasteiger partial charge on any atom is 0.296 e. The number of rotatable bonds is 8. The maximum atomic E-state index is 13.8. The second kappa shape index (κ2) is 10.0. The lowest BCUT2D eigenvalue weighted by Crippen LogP contribution is -2.23. The molecule has 156 valence electrons. The molecule has 0 unspecified atom stereocenters. The van der Waals surface area contributed by atoms with E-state index in [1.54, 1.807) is 49.6 Å². The molecule has 3 aromatic rings. The predicted molar refractivity (Wildman–Crippen MR) is 114 cm³/mol. The first-order valence-electron chi connectivity index (χ1n) is 9.21. The first-order chi connectivity index (χ1) is 14.5. The van der Waals surface area contributed by atoms with Crippen molar-refractivity contribution in [3.8, 4) is 11.5 Å². The zero-order valence-electron chi connectivity index (χ0n) is 16.8. The van der Waals surface area contributed by atoms with E-state index in [9.17, 15) is 9.18 Å². The zero-order valence-corrected chi connectivity index (χ0v) is 17.6. The molecule has 30 heavy (non-hydrogen) atoms. The summed E-state index contributed by atoms with van der Waals surface area (Å²) in [6.45, 7) is 3.95. The summed E-state index contributed by atoms with van der Waals surface area (Å²) < 4.78 is 26.4. The van der Waals surface area contributed by atoms with Gasteiger partial charge in [-0.05, 0) is 49.9 Å². The van der Waals surface area contributed by atoms with Gasteiger partial charge < -0.3 is 9.47 Å². The highest BCUT2D eigenvalue weighted by molar-refractivity contribution is 7.98. The van der Waals surface area contributed by atoms with Gasteiger partial charge >= 0.3 is 0 Å². The van der Waals surface area contributed by atoms with Crippen LogP contribution >= 0.6 is 11.8 Å². The van der Waals surface area contributed by atoms with Crippen molar-refractivity contribution < 1.29 is 13.9 Å². The maximum absolute atomic E-state index is 13.8. The summed E-state index contributed by atoms with van der Waals surface area (Å²) in [5.74, 6) is 0.662. The van der Waals surface area contributed by atoms with Gasteiger partial charge in [-0.3, -0.25) is 4.79 Å². The standard InChI is InChI=1S/C21H21FN4O3S/c1-4-28-19-11-15(12-23-26-20(27)14(2)24-25-21(26)30-3)9-10-18(19)29-13-16-7-5-6-8-17(16)22/h5-12H,4,13H2,1-3H3/b23-12-. The first kappa shape index (κ1) is 21.5. The van der Waals surface area contributed by atoms with E-state index in [1.165, 1.54) is 28.7 Å². The number of ether oxygens (including phenoxy) is 2. The topological polar surface area (TPSA) is 78.6 Å². The molecular formula is C21H21FN4O3S. The summed E-state index contributed by atoms with van der Waals surface area (Å²) >= 11 is 1.27. The van der Waals surface area contributed by atoms with E-state index < -0.39 is 0 Å². The SMILES string of the molecule is CCOc1cc(/C=N\n2c(SC)nnc(C)c2=O)ccc1OCc1ccccc1F. The molecule has 9 heteroatoms. The minimum absolute atomic E-state index is 0.0780. The van der Waals surface area contributed by atoms with Gasteiger partial charge in [-0.1, -0.05) is 30.0 Å². The molecule has 1 heterocycles. The molecule has 0 fully saturated rings. The van der Waals surface area contributed by atoms with E-state index in [-0.39, 0.29) is 23.7 Å². The smallest absolute Gasteiger partial charge is 0.296 e. The molecule has 0 saturated heterocycles. The highest BCUT2D eigenvalue weighted by atomic mass is 32.2. The van der Waals surface area contributed by atoms with Crippen LogP contribution < -0.4 is 15.0 Å². The number of benzene rings is 2. The van der Waals surface area contributed by atoms with Crippen molar-refractivity contribution in [2.75, 3.05) is 12.9 Å². The van der Waals surface area contributed by atoms with Crippen molar-refractivity contribution >= 4 is 18.0 Å². The van der Waals surface area contributed by atoms with Gasteiger partial charge in [-0.2, -0.15) is 9.78 Å². The van der Waals surface area contributed by atoms with Crippen molar-refractivity contribution in [1.29, 1.82) is 0 Å². The molecule has 1 aromatic heterocycles. The van der Waals surface area contributed by atoms with Crippen molar-refractivity contribution in [2.45, 2.75) is 25.6 Å². The monoisotopic (exact) mass is 428 g/mol. The van der Waals surface area contributed by atoms with Gasteiger partial charge in [-0.25, -0.2) is 4.39 Å². The Morgan fingerprint density at radius 3 is 2.70 bits per heavy atom. The number of thioether (sulfide) groups is 1. The Balaban J connectivity index is 1.85. The normalized spacial score (nSPS) is 11.1. The van der Waals surface area contributed by atoms with Gasteiger partial charge in [-0.15, -0.1) is 10.2 Å². The fourth-order valence-corrected chi connectivity index (χ4v) is 2.99. The minimum Gasteiger partial charge on any atom is -0.490 e. The molecule has 0 aliphatic rings. The number of aryl methyl sites for hydroxylation is 1. The van der Waals surface area contributed by atoms with Crippen LogP contribution in [0.15, 0.2) is 57.5 Å². The fourth-order valence-electron chi connectivity index (χ4n) is 2.56. The van der Waals surface area contributed by atoms with E-state index in [2.05, 4.69) is 15.3 Å². The van der Waals surface area contributed by atoms with Crippen molar-refractivity contribution in [1.82, 2.24) is 14.9 Å². The summed E-state index contributed by atoms with van der Waals surface area (Å²) in [4.78, 5) is 12.3. The molecule has 0 aliphatic carbocycles. The summed E-state index contributed by atoms with van der Waals surface area (Å²) in [5.41, 5.74) is 1.08. The van der Waals surface area contributed by atoms with E-state index >= 15 is 0 Å². The molecule has 0 aliphatic heterocycles. The van der Waals surface area contributed by atoms with Crippen LogP contribution in [0.5, 0.6) is 11.5 Å². The first-order valence-corrected chi connectivity index (χ1v) is 10.4. The van der Waals surface area contributed by atoms with Gasteiger partial charge in [0.25, 0.3) is 5.56 Å². The summed E-state index contributed by atoms with van der Waals surface area (Å²) in [6, 6.07) is 11.7. The van der Waals surface area contributed by atoms with Crippen LogP contribution in [-0.4, -0.2) is 34.0 Å². The third-order valence-corrected chi connectivity index (χ3v) is 4.70. The Bertz CT molecular complexity index is 1120. The van der Waals surface area contributed by atoms with Crippen LogP contribution in [0.1, 0.15) is 23.7 Å². The highest BCUT2D eigenvalue weighted by Gasteiger charge is 2.10. The van der Waals surface area contributed by atoms with Gasteiger partial charge in [0.15, 0.2) is 11.5 Å². The number of nitrogens with zero attached hydrogens (tertiary/aromatic N) is 4. The van der Waals surface area contributed by atoms with Crippen LogP contribution in [-0.2, 0) is 6.61 Å². The van der Waals surface area contributed by atoms with Crippen molar-refractivity contribution in [2.24, 2.45) is 5.10 Å². The Morgan fingerprint density at radius 1 is 1.17 bits per heavy atom. The number of aromatic nitrogens is 3. The average Bonchev–Trinajstić information content (AvgIpc) is 2.75. The summed E-state index contributed by atoms with van der Waals surface area (Å²) in [6.07, 6.45) is 3.32. The zero-order chi connectivity index (χ0) is 21.5. The van der Waals surface area contributed by atoms with Crippen molar-refractivity contribution in [3.05, 3.63) is 75.5 Å². The quantitative estimate of drug-likeness (QED) is 0.402. The number of hydrogen-bond donors (Lipinski definition) is 0. The molecule has 0 atom stereocenters. The Hall–Kier alpha value is -3.20. The molecule has 2 aromatic carbocycles. The Labute approximate surface area is 177 Å². The molecule has 0 radical (unpaired) electrons. The molecule has 0 spiro atoms. The summed E-state index contributed by atoms with van der Waals surface area (Å²) in [7, 11) is 0. The lowest BCUT2D eigenvalue weighted by Gasteiger charge is -2.13. The fraction of sp³-hybridized carbons (Fsp3) is 0.238. The van der Waals surface area contributed by atoms with Gasteiger partial charge in [0.2, 0.25) is 5.16 Å². The lowest BCUT2D eigenvalue weighted by molar-refractivity contribution is 0.266. The Kier molecular flexibility index (Phi) is 7.18. The van der Waals surface area contributed by atoms with Crippen LogP contribution in [0.4, 0.5) is 4.39 Å². The molecular weight excluding hydrogens is 407 g/mol. The van der Waals surface area contributed by atoms with Crippen molar-refractivity contribution in [3.63, 3.8) is 0 Å². The van der Waals surface area contributed by atoms with E-state index in [4.69, 9.17) is 9.47 Å². The lowest BCUT2D eigenvalue weighted by atomic mass is 10.2. The van der Waals surface area contributed by atoms with Gasteiger partial charge in [0.1, 0.15) is 18.1 Å². The second-order valence-corrected chi connectivity index (χ2v) is 6.93. The largest absolute Gasteiger partial charge is 0.490 e. The number of hydrogen-bond acceptors (Lipinski definition) is 7. The molecule has 3 rings (SSSR count). The molecule has 7 nitrogen and oxygen atoms in total. The predicted octanol–water partition coefficient (Wildman–Crippen LogP) is 3.67. The highest BCUT2D eigenvalue weighted by Crippen LogP contribution is 2.29. The van der Waals surface area contributed by atoms with E-state index in [0.717, 1.165) is 0 Å². The van der Waals surface area contributed by atoms with Crippen LogP contribution in [0.2, 0.25) is 0 Å². The van der Waals surface area contributed by atoms with E-state index in [1.807, 2.05) is 6.92 Å². The Morgan fingerprint density at radius 2 is 1.97 bits per heavy atom. The van der Waals surface area contributed by atoms with Crippen LogP contribution in [0, 0.1) is 12.7 Å². The van der Waals surface area contributed by atoms with Gasteiger partial charge in [0, 0.05) is 5.56 Å². The van der Waals surface area contributed by atoms with E-state index in [0.29, 0.717) is 34.4 Å². The molecule has 0 N–H and O–H groups in total. The second-order valence-electron chi connectivity index (χ2n) is 6.15. The van der Waals surface area contributed by atoms with Crippen LogP contribution in [0.3, 0.4) is 0 Å². The average molecular weight is 428 g/mol. The number of halogens is 1. The molecule has 0 saturated carbocycles. The molecule has 0 bridgehead atoms. The third-order valence-electron chi connectivity index (χ3n) is 4.08. The summed E-state index contributed by atoms with van der Waals surface area (Å²) in [5, 5.41) is 12.4.